The first-order valence-corrected chi connectivity index (χ1v) is 7.34. The largest absolute Gasteiger partial charge is 0.466 e. The van der Waals surface area contributed by atoms with E-state index in [-0.39, 0.29) is 18.4 Å². The minimum atomic E-state index is -0.268. The summed E-state index contributed by atoms with van der Waals surface area (Å²) in [5.41, 5.74) is 1.16. The SMILES string of the molecule is CCOC(=O)CC(C)Nc1cc(C#N)c2cc(Cl)ccc2n1. The minimum absolute atomic E-state index is 0.150. The monoisotopic (exact) mass is 317 g/mol. The van der Waals surface area contributed by atoms with Crippen LogP contribution in [0.4, 0.5) is 5.82 Å². The molecule has 0 aliphatic heterocycles. The van der Waals surface area contributed by atoms with Crippen molar-refractivity contribution >= 4 is 34.3 Å². The molecule has 1 aromatic heterocycles. The first-order valence-electron chi connectivity index (χ1n) is 6.96. The molecule has 2 rings (SSSR count). The predicted octanol–water partition coefficient (Wildman–Crippen LogP) is 3.51. The summed E-state index contributed by atoms with van der Waals surface area (Å²) in [4.78, 5) is 15.9. The van der Waals surface area contributed by atoms with Crippen LogP contribution in [0, 0.1) is 11.3 Å². The Labute approximate surface area is 133 Å². The Morgan fingerprint density at radius 1 is 1.50 bits per heavy atom. The fourth-order valence-corrected chi connectivity index (χ4v) is 2.31. The molecule has 0 saturated carbocycles. The topological polar surface area (TPSA) is 75.0 Å². The summed E-state index contributed by atoms with van der Waals surface area (Å²) in [6.07, 6.45) is 0.232. The number of hydrogen-bond donors (Lipinski definition) is 1. The number of pyridine rings is 1. The molecule has 0 spiro atoms. The van der Waals surface area contributed by atoms with E-state index in [0.717, 1.165) is 0 Å². The van der Waals surface area contributed by atoms with E-state index in [9.17, 15) is 10.1 Å². The van der Waals surface area contributed by atoms with Gasteiger partial charge in [-0.3, -0.25) is 4.79 Å². The number of aromatic nitrogens is 1. The lowest BCUT2D eigenvalue weighted by atomic mass is 10.1. The normalized spacial score (nSPS) is 11.7. The van der Waals surface area contributed by atoms with Gasteiger partial charge >= 0.3 is 5.97 Å². The maximum atomic E-state index is 11.5. The van der Waals surface area contributed by atoms with Gasteiger partial charge in [-0.15, -0.1) is 0 Å². The number of rotatable bonds is 5. The van der Waals surface area contributed by atoms with Crippen molar-refractivity contribution in [3.63, 3.8) is 0 Å². The molecule has 6 heteroatoms. The zero-order valence-corrected chi connectivity index (χ0v) is 13.1. The number of halogens is 1. The van der Waals surface area contributed by atoms with Gasteiger partial charge in [0.05, 0.1) is 30.2 Å². The Morgan fingerprint density at radius 2 is 2.27 bits per heavy atom. The van der Waals surface area contributed by atoms with Gasteiger partial charge in [-0.05, 0) is 38.1 Å². The van der Waals surface area contributed by atoms with Crippen molar-refractivity contribution in [2.24, 2.45) is 0 Å². The van der Waals surface area contributed by atoms with Gasteiger partial charge in [0, 0.05) is 16.5 Å². The van der Waals surface area contributed by atoms with Crippen LogP contribution in [0.15, 0.2) is 24.3 Å². The maximum absolute atomic E-state index is 11.5. The predicted molar refractivity (Wildman–Crippen MR) is 85.8 cm³/mol. The fourth-order valence-electron chi connectivity index (χ4n) is 2.14. The van der Waals surface area contributed by atoms with E-state index < -0.39 is 0 Å². The van der Waals surface area contributed by atoms with Gasteiger partial charge in [-0.25, -0.2) is 4.98 Å². The molecular weight excluding hydrogens is 302 g/mol. The van der Waals surface area contributed by atoms with Crippen LogP contribution in [0.5, 0.6) is 0 Å². The van der Waals surface area contributed by atoms with E-state index in [1.54, 1.807) is 31.2 Å². The smallest absolute Gasteiger partial charge is 0.307 e. The molecule has 2 aromatic rings. The minimum Gasteiger partial charge on any atom is -0.466 e. The Morgan fingerprint density at radius 3 is 2.95 bits per heavy atom. The number of esters is 1. The lowest BCUT2D eigenvalue weighted by Gasteiger charge is -2.14. The Balaban J connectivity index is 2.24. The third-order valence-electron chi connectivity index (χ3n) is 3.06. The molecule has 1 atom stereocenters. The molecule has 1 aromatic carbocycles. The Hall–Kier alpha value is -2.32. The van der Waals surface area contributed by atoms with Gasteiger partial charge in [0.2, 0.25) is 0 Å². The second-order valence-electron chi connectivity index (χ2n) is 4.88. The number of ether oxygens (including phenoxy) is 1. The highest BCUT2D eigenvalue weighted by Gasteiger charge is 2.12. The number of benzene rings is 1. The summed E-state index contributed by atoms with van der Waals surface area (Å²) in [5.74, 6) is 0.277. The highest BCUT2D eigenvalue weighted by Crippen LogP contribution is 2.24. The number of anilines is 1. The molecule has 0 saturated heterocycles. The van der Waals surface area contributed by atoms with Crippen molar-refractivity contribution in [1.29, 1.82) is 5.26 Å². The number of hydrogen-bond acceptors (Lipinski definition) is 5. The number of carbonyl (C=O) groups is 1. The first-order chi connectivity index (χ1) is 10.5. The molecule has 1 N–H and O–H groups in total. The number of nitrogens with zero attached hydrogens (tertiary/aromatic N) is 2. The third kappa shape index (κ3) is 3.86. The Bertz CT molecular complexity index is 740. The number of fused-ring (bicyclic) bond motifs is 1. The van der Waals surface area contributed by atoms with Crippen LogP contribution in [0.25, 0.3) is 10.9 Å². The second kappa shape index (κ2) is 7.10. The highest BCUT2D eigenvalue weighted by atomic mass is 35.5. The molecule has 22 heavy (non-hydrogen) atoms. The number of nitriles is 1. The molecule has 0 bridgehead atoms. The molecule has 0 fully saturated rings. The average Bonchev–Trinajstić information content (AvgIpc) is 2.46. The first kappa shape index (κ1) is 16.1. The summed E-state index contributed by atoms with van der Waals surface area (Å²) >= 11 is 5.95. The van der Waals surface area contributed by atoms with Crippen molar-refractivity contribution in [3.05, 3.63) is 34.9 Å². The van der Waals surface area contributed by atoms with E-state index in [1.807, 2.05) is 6.92 Å². The molecule has 0 radical (unpaired) electrons. The van der Waals surface area contributed by atoms with Crippen molar-refractivity contribution in [1.82, 2.24) is 4.98 Å². The van der Waals surface area contributed by atoms with Crippen molar-refractivity contribution in [2.45, 2.75) is 26.3 Å². The summed E-state index contributed by atoms with van der Waals surface area (Å²) in [6, 6.07) is 8.85. The molecule has 1 unspecified atom stereocenters. The zero-order valence-electron chi connectivity index (χ0n) is 12.4. The summed E-state index contributed by atoms with van der Waals surface area (Å²) in [6.45, 7) is 3.99. The van der Waals surface area contributed by atoms with Crippen molar-refractivity contribution in [3.8, 4) is 6.07 Å². The molecule has 1 heterocycles. The van der Waals surface area contributed by atoms with Crippen LogP contribution in [-0.2, 0) is 9.53 Å². The van der Waals surface area contributed by atoms with Gasteiger partial charge < -0.3 is 10.1 Å². The van der Waals surface area contributed by atoms with Gasteiger partial charge in [0.1, 0.15) is 5.82 Å². The maximum Gasteiger partial charge on any atom is 0.307 e. The van der Waals surface area contributed by atoms with Crippen LogP contribution >= 0.6 is 11.6 Å². The van der Waals surface area contributed by atoms with Gasteiger partial charge in [-0.2, -0.15) is 5.26 Å². The quantitative estimate of drug-likeness (QED) is 0.854. The lowest BCUT2D eigenvalue weighted by Crippen LogP contribution is -2.21. The molecular formula is C16H16ClN3O2. The van der Waals surface area contributed by atoms with Crippen molar-refractivity contribution in [2.75, 3.05) is 11.9 Å². The zero-order chi connectivity index (χ0) is 16.1. The molecule has 5 nitrogen and oxygen atoms in total. The van der Waals surface area contributed by atoms with Gasteiger partial charge in [-0.1, -0.05) is 11.6 Å². The van der Waals surface area contributed by atoms with Crippen LogP contribution in [0.3, 0.4) is 0 Å². The molecule has 0 aliphatic carbocycles. The molecule has 114 valence electrons. The van der Waals surface area contributed by atoms with E-state index in [4.69, 9.17) is 16.3 Å². The van der Waals surface area contributed by atoms with Gasteiger partial charge in [0.25, 0.3) is 0 Å². The molecule has 0 amide bonds. The van der Waals surface area contributed by atoms with Crippen LogP contribution in [0.1, 0.15) is 25.8 Å². The van der Waals surface area contributed by atoms with E-state index >= 15 is 0 Å². The van der Waals surface area contributed by atoms with E-state index in [2.05, 4.69) is 16.4 Å². The van der Waals surface area contributed by atoms with Crippen molar-refractivity contribution < 1.29 is 9.53 Å². The Kier molecular flexibility index (Phi) is 5.18. The van der Waals surface area contributed by atoms with E-state index in [1.165, 1.54) is 0 Å². The fraction of sp³-hybridized carbons (Fsp3) is 0.312. The summed E-state index contributed by atoms with van der Waals surface area (Å²) in [5, 5.41) is 13.7. The standard InChI is InChI=1S/C16H16ClN3O2/c1-3-22-16(21)6-10(2)19-15-7-11(9-18)13-8-12(17)4-5-14(13)20-15/h4-5,7-8,10H,3,6H2,1-2H3,(H,19,20). The average molecular weight is 318 g/mol. The van der Waals surface area contributed by atoms with Crippen LogP contribution in [-0.4, -0.2) is 23.6 Å². The number of nitrogens with one attached hydrogen (secondary N) is 1. The summed E-state index contributed by atoms with van der Waals surface area (Å²) in [7, 11) is 0. The molecule has 0 aliphatic rings. The van der Waals surface area contributed by atoms with Crippen LogP contribution in [0.2, 0.25) is 5.02 Å². The second-order valence-corrected chi connectivity index (χ2v) is 5.32. The van der Waals surface area contributed by atoms with Gasteiger partial charge in [0.15, 0.2) is 0 Å². The number of carbonyl (C=O) groups excluding carboxylic acids is 1. The summed E-state index contributed by atoms with van der Waals surface area (Å²) < 4.78 is 4.91. The van der Waals surface area contributed by atoms with E-state index in [0.29, 0.717) is 33.9 Å². The third-order valence-corrected chi connectivity index (χ3v) is 3.30. The van der Waals surface area contributed by atoms with Crippen LogP contribution < -0.4 is 5.32 Å². The highest BCUT2D eigenvalue weighted by molar-refractivity contribution is 6.31. The lowest BCUT2D eigenvalue weighted by molar-refractivity contribution is -0.143.